The van der Waals surface area contributed by atoms with Gasteiger partial charge in [0.1, 0.15) is 0 Å². The molecule has 0 spiro atoms. The lowest BCUT2D eigenvalue weighted by atomic mass is 10.0. The van der Waals surface area contributed by atoms with Crippen LogP contribution in [0.1, 0.15) is 25.3 Å². The van der Waals surface area contributed by atoms with Crippen LogP contribution in [0, 0.1) is 5.92 Å². The highest BCUT2D eigenvalue weighted by Gasteiger charge is 2.33. The molecule has 1 aliphatic rings. The summed E-state index contributed by atoms with van der Waals surface area (Å²) < 4.78 is 38.6. The van der Waals surface area contributed by atoms with E-state index in [4.69, 9.17) is 11.6 Å². The van der Waals surface area contributed by atoms with Gasteiger partial charge in [0, 0.05) is 19.3 Å². The summed E-state index contributed by atoms with van der Waals surface area (Å²) in [4.78, 5) is 27.7. The van der Waals surface area contributed by atoms with Crippen LogP contribution in [0.25, 0.3) is 0 Å². The van der Waals surface area contributed by atoms with Crippen LogP contribution in [0.2, 0.25) is 5.02 Å². The van der Waals surface area contributed by atoms with Gasteiger partial charge in [-0.3, -0.25) is 14.5 Å². The Hall–Kier alpha value is -1.80. The molecule has 0 saturated carbocycles. The molecule has 1 aromatic rings. The fraction of sp³-hybridized carbons (Fsp3) is 0.556. The highest BCUT2D eigenvalue weighted by Crippen LogP contribution is 2.36. The van der Waals surface area contributed by atoms with Crippen LogP contribution < -0.4 is 5.32 Å². The number of piperidine rings is 1. The number of benzene rings is 1. The monoisotopic (exact) mass is 405 g/mol. The maximum Gasteiger partial charge on any atom is 0.417 e. The molecule has 0 aliphatic carbocycles. The maximum atomic E-state index is 12.9. The lowest BCUT2D eigenvalue weighted by Gasteiger charge is -2.31. The van der Waals surface area contributed by atoms with E-state index in [9.17, 15) is 22.8 Å². The van der Waals surface area contributed by atoms with E-state index in [1.807, 2.05) is 0 Å². The van der Waals surface area contributed by atoms with E-state index in [0.29, 0.717) is 5.92 Å². The van der Waals surface area contributed by atoms with Crippen molar-refractivity contribution < 1.29 is 22.8 Å². The molecule has 1 heterocycles. The second-order valence-electron chi connectivity index (χ2n) is 6.97. The molecule has 1 unspecified atom stereocenters. The van der Waals surface area contributed by atoms with Crippen LogP contribution in [0.15, 0.2) is 18.2 Å². The van der Waals surface area contributed by atoms with Crippen molar-refractivity contribution in [3.05, 3.63) is 28.8 Å². The van der Waals surface area contributed by atoms with Crippen molar-refractivity contribution in [2.75, 3.05) is 38.5 Å². The van der Waals surface area contributed by atoms with Gasteiger partial charge in [-0.05, 0) is 43.5 Å². The van der Waals surface area contributed by atoms with Crippen molar-refractivity contribution in [3.63, 3.8) is 0 Å². The molecule has 0 aromatic heterocycles. The zero-order valence-corrected chi connectivity index (χ0v) is 16.0. The molecule has 1 aromatic carbocycles. The van der Waals surface area contributed by atoms with Crippen LogP contribution in [0.5, 0.6) is 0 Å². The molecule has 9 heteroatoms. The lowest BCUT2D eigenvalue weighted by Crippen LogP contribution is -2.44. The molecule has 1 fully saturated rings. The van der Waals surface area contributed by atoms with Gasteiger partial charge < -0.3 is 10.2 Å². The molecule has 2 amide bonds. The summed E-state index contributed by atoms with van der Waals surface area (Å²) >= 11 is 5.56. The molecule has 2 rings (SSSR count). The average molecular weight is 406 g/mol. The number of hydrogen-bond donors (Lipinski definition) is 1. The zero-order chi connectivity index (χ0) is 20.2. The summed E-state index contributed by atoms with van der Waals surface area (Å²) in [7, 11) is 1.50. The Bertz CT molecular complexity index is 697. The molecule has 0 bridgehead atoms. The molecule has 150 valence electrons. The molecule has 5 nitrogen and oxygen atoms in total. The number of alkyl halides is 3. The SMILES string of the molecule is CC1CCCN(CC(=O)N(C)CC(=O)Nc2ccc(Cl)c(C(F)(F)F)c2)C1. The minimum atomic E-state index is -4.61. The number of halogens is 4. The van der Waals surface area contributed by atoms with Crippen molar-refractivity contribution in [2.24, 2.45) is 5.92 Å². The number of nitrogens with one attached hydrogen (secondary N) is 1. The first-order chi connectivity index (χ1) is 12.6. The standard InChI is InChI=1S/C18H23ClF3N3O2/c1-12-4-3-7-25(9-12)11-17(27)24(2)10-16(26)23-13-5-6-15(19)14(8-13)18(20,21)22/h5-6,8,12H,3-4,7,9-11H2,1-2H3,(H,23,26). The highest BCUT2D eigenvalue weighted by molar-refractivity contribution is 6.31. The van der Waals surface area contributed by atoms with Crippen molar-refractivity contribution in [2.45, 2.75) is 25.9 Å². The fourth-order valence-corrected chi connectivity index (χ4v) is 3.29. The van der Waals surface area contributed by atoms with Gasteiger partial charge in [0.15, 0.2) is 0 Å². The minimum absolute atomic E-state index is 0.0255. The molecule has 1 saturated heterocycles. The molecular formula is C18H23ClF3N3O2. The summed E-state index contributed by atoms with van der Waals surface area (Å²) in [5.74, 6) is -0.243. The Labute approximate surface area is 161 Å². The number of carbonyl (C=O) groups is 2. The van der Waals surface area contributed by atoms with E-state index in [-0.39, 0.29) is 24.7 Å². The first-order valence-electron chi connectivity index (χ1n) is 8.69. The Morgan fingerprint density at radius 2 is 2.07 bits per heavy atom. The van der Waals surface area contributed by atoms with Crippen LogP contribution in [0.3, 0.4) is 0 Å². The van der Waals surface area contributed by atoms with Gasteiger partial charge in [-0.25, -0.2) is 0 Å². The first-order valence-corrected chi connectivity index (χ1v) is 9.07. The van der Waals surface area contributed by atoms with E-state index in [0.717, 1.165) is 38.1 Å². The predicted octanol–water partition coefficient (Wildman–Crippen LogP) is 3.49. The van der Waals surface area contributed by atoms with Gasteiger partial charge in [0.05, 0.1) is 23.7 Å². The summed E-state index contributed by atoms with van der Waals surface area (Å²) in [6, 6.07) is 3.13. The molecular weight excluding hydrogens is 383 g/mol. The quantitative estimate of drug-likeness (QED) is 0.816. The summed E-state index contributed by atoms with van der Waals surface area (Å²) in [5.41, 5.74) is -1.05. The van der Waals surface area contributed by atoms with Crippen LogP contribution in [-0.4, -0.2) is 54.8 Å². The number of carbonyl (C=O) groups excluding carboxylic acids is 2. The fourth-order valence-electron chi connectivity index (χ4n) is 3.07. The van der Waals surface area contributed by atoms with Gasteiger partial charge in [0.2, 0.25) is 11.8 Å². The Morgan fingerprint density at radius 3 is 2.70 bits per heavy atom. The number of likely N-dealkylation sites (tertiary alicyclic amines) is 1. The highest BCUT2D eigenvalue weighted by atomic mass is 35.5. The van der Waals surface area contributed by atoms with Crippen molar-refractivity contribution in [1.29, 1.82) is 0 Å². The lowest BCUT2D eigenvalue weighted by molar-refractivity contribution is -0.137. The smallest absolute Gasteiger partial charge is 0.335 e. The largest absolute Gasteiger partial charge is 0.417 e. The van der Waals surface area contributed by atoms with Crippen molar-refractivity contribution in [3.8, 4) is 0 Å². The third kappa shape index (κ3) is 6.39. The van der Waals surface area contributed by atoms with Gasteiger partial charge in [0.25, 0.3) is 0 Å². The molecule has 0 radical (unpaired) electrons. The molecule has 1 atom stereocenters. The Kier molecular flexibility index (Phi) is 7.11. The van der Waals surface area contributed by atoms with Crippen LogP contribution >= 0.6 is 11.6 Å². The van der Waals surface area contributed by atoms with Crippen molar-refractivity contribution in [1.82, 2.24) is 9.80 Å². The van der Waals surface area contributed by atoms with E-state index in [1.54, 1.807) is 0 Å². The molecule has 1 N–H and O–H groups in total. The number of rotatable bonds is 5. The summed E-state index contributed by atoms with van der Waals surface area (Å²) in [6.07, 6.45) is -2.43. The number of likely N-dealkylation sites (N-methyl/N-ethyl adjacent to an activating group) is 1. The third-order valence-electron chi connectivity index (χ3n) is 4.46. The van der Waals surface area contributed by atoms with E-state index in [1.165, 1.54) is 18.0 Å². The van der Waals surface area contributed by atoms with Gasteiger partial charge in [-0.1, -0.05) is 18.5 Å². The number of hydrogen-bond acceptors (Lipinski definition) is 3. The number of nitrogens with zero attached hydrogens (tertiary/aromatic N) is 2. The van der Waals surface area contributed by atoms with Gasteiger partial charge in [-0.2, -0.15) is 13.2 Å². The molecule has 27 heavy (non-hydrogen) atoms. The second-order valence-corrected chi connectivity index (χ2v) is 7.38. The minimum Gasteiger partial charge on any atom is -0.335 e. The number of anilines is 1. The van der Waals surface area contributed by atoms with E-state index >= 15 is 0 Å². The van der Waals surface area contributed by atoms with Crippen LogP contribution in [-0.2, 0) is 15.8 Å². The number of amides is 2. The summed E-state index contributed by atoms with van der Waals surface area (Å²) in [6.45, 7) is 3.81. The van der Waals surface area contributed by atoms with Crippen LogP contribution in [0.4, 0.5) is 18.9 Å². The maximum absolute atomic E-state index is 12.9. The van der Waals surface area contributed by atoms with E-state index < -0.39 is 22.7 Å². The van der Waals surface area contributed by atoms with Gasteiger partial charge in [-0.15, -0.1) is 0 Å². The predicted molar refractivity (Wildman–Crippen MR) is 97.6 cm³/mol. The zero-order valence-electron chi connectivity index (χ0n) is 15.3. The third-order valence-corrected chi connectivity index (χ3v) is 4.79. The second kappa shape index (κ2) is 8.93. The summed E-state index contributed by atoms with van der Waals surface area (Å²) in [5, 5.41) is 1.93. The Balaban J connectivity index is 1.90. The first kappa shape index (κ1) is 21.5. The average Bonchev–Trinajstić information content (AvgIpc) is 2.55. The molecule has 1 aliphatic heterocycles. The topological polar surface area (TPSA) is 52.7 Å². The van der Waals surface area contributed by atoms with Gasteiger partial charge >= 0.3 is 6.18 Å². The normalized spacial score (nSPS) is 18.2. The Morgan fingerprint density at radius 1 is 1.37 bits per heavy atom. The van der Waals surface area contributed by atoms with E-state index in [2.05, 4.69) is 17.1 Å². The van der Waals surface area contributed by atoms with Crippen molar-refractivity contribution >= 4 is 29.1 Å².